The van der Waals surface area contributed by atoms with Crippen molar-refractivity contribution in [2.75, 3.05) is 0 Å². The molecule has 8 aromatic carbocycles. The van der Waals surface area contributed by atoms with E-state index in [2.05, 4.69) is 165 Å². The van der Waals surface area contributed by atoms with Gasteiger partial charge in [0.1, 0.15) is 0 Å². The molecule has 254 valence electrons. The average molecular weight is 700 g/mol. The van der Waals surface area contributed by atoms with Crippen LogP contribution in [0, 0.1) is 22.7 Å². The van der Waals surface area contributed by atoms with E-state index in [4.69, 9.17) is 0 Å². The molecule has 0 saturated carbocycles. The molecule has 55 heavy (non-hydrogen) atoms. The fourth-order valence-electron chi connectivity index (χ4n) is 8.86. The Morgan fingerprint density at radius 1 is 0.345 bits per heavy atom. The highest BCUT2D eigenvalue weighted by molar-refractivity contribution is 6.16. The largest absolute Gasteiger partial charge is 0.309 e. The highest BCUT2D eigenvalue weighted by atomic mass is 15.0. The average Bonchev–Trinajstić information content (AvgIpc) is 3.89. The Morgan fingerprint density at radius 2 is 0.836 bits per heavy atom. The number of hydrogen-bond donors (Lipinski definition) is 0. The van der Waals surface area contributed by atoms with Crippen LogP contribution in [0.15, 0.2) is 176 Å². The van der Waals surface area contributed by atoms with Gasteiger partial charge in [-0.2, -0.15) is 10.5 Å². The first kappa shape index (κ1) is 30.7. The van der Waals surface area contributed by atoms with Crippen LogP contribution in [-0.2, 0) is 0 Å². The molecule has 0 saturated heterocycles. The lowest BCUT2D eigenvalue weighted by molar-refractivity contribution is 1.17. The Kier molecular flexibility index (Phi) is 6.61. The van der Waals surface area contributed by atoms with Crippen LogP contribution < -0.4 is 0 Å². The monoisotopic (exact) mass is 699 g/mol. The van der Waals surface area contributed by atoms with Crippen molar-refractivity contribution >= 4 is 65.4 Å². The summed E-state index contributed by atoms with van der Waals surface area (Å²) in [5.41, 5.74) is 12.6. The lowest BCUT2D eigenvalue weighted by Gasteiger charge is -2.14. The van der Waals surface area contributed by atoms with Gasteiger partial charge < -0.3 is 13.7 Å². The number of hydrogen-bond acceptors (Lipinski definition) is 2. The molecular formula is C50H29N5. The standard InChI is InChI=1S/C50H29N5/c51-30-33-26-27-36(54-44-21-7-3-17-39(44)49-34(31-52)13-10-23-46(49)54)29-41(33)32-12-9-14-35(28-32)53-45-22-8-4-18-40(45)50-47(53)24-11-25-48(50)55-42-19-5-1-15-37(42)38-16-2-6-20-43(38)55/h1-29H. The lowest BCUT2D eigenvalue weighted by atomic mass is 9.99. The van der Waals surface area contributed by atoms with Crippen LogP contribution in [-0.4, -0.2) is 13.7 Å². The number of aromatic nitrogens is 3. The number of fused-ring (bicyclic) bond motifs is 9. The van der Waals surface area contributed by atoms with Crippen LogP contribution in [0.1, 0.15) is 11.1 Å². The van der Waals surface area contributed by atoms with Crippen molar-refractivity contribution in [3.8, 4) is 40.3 Å². The second-order valence-electron chi connectivity index (χ2n) is 13.9. The number of para-hydroxylation sites is 4. The Labute approximate surface area is 316 Å². The van der Waals surface area contributed by atoms with Gasteiger partial charge in [0.15, 0.2) is 0 Å². The molecule has 0 aliphatic carbocycles. The zero-order valence-electron chi connectivity index (χ0n) is 29.5. The number of rotatable bonds is 4. The summed E-state index contributed by atoms with van der Waals surface area (Å²) < 4.78 is 6.94. The van der Waals surface area contributed by atoms with E-state index in [1.807, 2.05) is 36.4 Å². The van der Waals surface area contributed by atoms with Crippen LogP contribution in [0.4, 0.5) is 0 Å². The summed E-state index contributed by atoms with van der Waals surface area (Å²) in [6.07, 6.45) is 0. The normalized spacial score (nSPS) is 11.6. The van der Waals surface area contributed by atoms with Gasteiger partial charge in [-0.25, -0.2) is 0 Å². The summed E-state index contributed by atoms with van der Waals surface area (Å²) in [6, 6.07) is 65.9. The van der Waals surface area contributed by atoms with Gasteiger partial charge >= 0.3 is 0 Å². The molecule has 3 heterocycles. The van der Waals surface area contributed by atoms with Crippen LogP contribution >= 0.6 is 0 Å². The highest BCUT2D eigenvalue weighted by Crippen LogP contribution is 2.41. The van der Waals surface area contributed by atoms with E-state index in [1.54, 1.807) is 0 Å². The van der Waals surface area contributed by atoms with E-state index in [9.17, 15) is 10.5 Å². The molecule has 11 aromatic rings. The summed E-state index contributed by atoms with van der Waals surface area (Å²) in [6.45, 7) is 0. The maximum absolute atomic E-state index is 10.4. The molecule has 0 N–H and O–H groups in total. The van der Waals surface area contributed by atoms with Gasteiger partial charge in [0.25, 0.3) is 0 Å². The fourth-order valence-corrected chi connectivity index (χ4v) is 8.86. The van der Waals surface area contributed by atoms with Crippen molar-refractivity contribution in [2.24, 2.45) is 0 Å². The molecule has 11 rings (SSSR count). The zero-order chi connectivity index (χ0) is 36.6. The number of benzene rings is 8. The van der Waals surface area contributed by atoms with Crippen molar-refractivity contribution in [1.29, 1.82) is 10.5 Å². The predicted octanol–water partition coefficient (Wildman–Crippen LogP) is 12.4. The van der Waals surface area contributed by atoms with E-state index in [1.165, 1.54) is 32.6 Å². The van der Waals surface area contributed by atoms with Gasteiger partial charge in [0, 0.05) is 49.3 Å². The van der Waals surface area contributed by atoms with E-state index in [0.717, 1.165) is 61.0 Å². The Morgan fingerprint density at radius 3 is 1.47 bits per heavy atom. The maximum atomic E-state index is 10.4. The Bertz CT molecular complexity index is 3420. The number of nitriles is 2. The summed E-state index contributed by atoms with van der Waals surface area (Å²) >= 11 is 0. The molecule has 0 radical (unpaired) electrons. The van der Waals surface area contributed by atoms with E-state index in [0.29, 0.717) is 11.1 Å². The first-order valence-corrected chi connectivity index (χ1v) is 18.3. The van der Waals surface area contributed by atoms with Crippen LogP contribution in [0.3, 0.4) is 0 Å². The van der Waals surface area contributed by atoms with Crippen LogP contribution in [0.25, 0.3) is 93.6 Å². The van der Waals surface area contributed by atoms with Gasteiger partial charge in [-0.15, -0.1) is 0 Å². The maximum Gasteiger partial charge on any atom is 0.0998 e. The SMILES string of the molecule is N#Cc1ccc(-n2c3ccccc3c3c(C#N)cccc32)cc1-c1cccc(-n2c3ccccc3c3c(-n4c5ccccc5c5ccccc54)cccc32)c1. The minimum absolute atomic E-state index is 0.593. The minimum atomic E-state index is 0.593. The molecule has 0 atom stereocenters. The van der Waals surface area contributed by atoms with Crippen LogP contribution in [0.5, 0.6) is 0 Å². The van der Waals surface area contributed by atoms with Gasteiger partial charge in [-0.05, 0) is 84.4 Å². The summed E-state index contributed by atoms with van der Waals surface area (Å²) in [5.74, 6) is 0. The van der Waals surface area contributed by atoms with Gasteiger partial charge in [0.2, 0.25) is 0 Å². The van der Waals surface area contributed by atoms with Gasteiger partial charge in [-0.1, -0.05) is 97.1 Å². The molecule has 0 aliphatic rings. The molecule has 0 fully saturated rings. The quantitative estimate of drug-likeness (QED) is 0.184. The van der Waals surface area contributed by atoms with Crippen molar-refractivity contribution in [3.63, 3.8) is 0 Å². The zero-order valence-corrected chi connectivity index (χ0v) is 29.5. The predicted molar refractivity (Wildman–Crippen MR) is 224 cm³/mol. The molecule has 0 unspecified atom stereocenters. The molecule has 3 aromatic heterocycles. The molecule has 0 aliphatic heterocycles. The summed E-state index contributed by atoms with van der Waals surface area (Å²) in [7, 11) is 0. The van der Waals surface area contributed by atoms with Crippen molar-refractivity contribution in [1.82, 2.24) is 13.7 Å². The molecule has 5 nitrogen and oxygen atoms in total. The third kappa shape index (κ3) is 4.39. The Hall–Kier alpha value is -7.86. The first-order chi connectivity index (χ1) is 27.2. The van der Waals surface area contributed by atoms with Crippen molar-refractivity contribution in [3.05, 3.63) is 187 Å². The van der Waals surface area contributed by atoms with E-state index in [-0.39, 0.29) is 0 Å². The van der Waals surface area contributed by atoms with Gasteiger partial charge in [0.05, 0.1) is 62.1 Å². The fraction of sp³-hybridized carbons (Fsp3) is 0. The summed E-state index contributed by atoms with van der Waals surface area (Å²) in [4.78, 5) is 0. The molecule has 0 bridgehead atoms. The van der Waals surface area contributed by atoms with E-state index >= 15 is 0 Å². The number of nitrogens with zero attached hydrogens (tertiary/aromatic N) is 5. The third-order valence-electron chi connectivity index (χ3n) is 11.1. The highest BCUT2D eigenvalue weighted by Gasteiger charge is 2.21. The molecular weight excluding hydrogens is 671 g/mol. The van der Waals surface area contributed by atoms with Crippen molar-refractivity contribution in [2.45, 2.75) is 0 Å². The van der Waals surface area contributed by atoms with Crippen LogP contribution in [0.2, 0.25) is 0 Å². The topological polar surface area (TPSA) is 62.4 Å². The smallest absolute Gasteiger partial charge is 0.0998 e. The molecule has 0 amide bonds. The Balaban J connectivity index is 1.14. The molecule has 0 spiro atoms. The van der Waals surface area contributed by atoms with E-state index < -0.39 is 0 Å². The molecule has 5 heteroatoms. The van der Waals surface area contributed by atoms with Crippen molar-refractivity contribution < 1.29 is 0 Å². The third-order valence-corrected chi connectivity index (χ3v) is 11.1. The lowest BCUT2D eigenvalue weighted by Crippen LogP contribution is -1.98. The minimum Gasteiger partial charge on any atom is -0.309 e. The second-order valence-corrected chi connectivity index (χ2v) is 13.9. The summed E-state index contributed by atoms with van der Waals surface area (Å²) in [5, 5.41) is 27.2. The first-order valence-electron chi connectivity index (χ1n) is 18.3. The second kappa shape index (κ2) is 11.8. The van der Waals surface area contributed by atoms with Gasteiger partial charge in [-0.3, -0.25) is 0 Å².